The quantitative estimate of drug-likeness (QED) is 0.720. The van der Waals surface area contributed by atoms with Gasteiger partial charge in [0.05, 0.1) is 7.11 Å². The second-order valence-corrected chi connectivity index (χ2v) is 6.02. The molecule has 1 heterocycles. The summed E-state index contributed by atoms with van der Waals surface area (Å²) in [7, 11) is 5.62. The van der Waals surface area contributed by atoms with Crippen LogP contribution in [0.4, 0.5) is 0 Å². The van der Waals surface area contributed by atoms with Gasteiger partial charge in [-0.1, -0.05) is 30.3 Å². The lowest BCUT2D eigenvalue weighted by Crippen LogP contribution is -2.63. The third-order valence-corrected chi connectivity index (χ3v) is 4.58. The van der Waals surface area contributed by atoms with Gasteiger partial charge in [-0.25, -0.2) is 0 Å². The van der Waals surface area contributed by atoms with Crippen LogP contribution in [-0.4, -0.2) is 55.6 Å². The second kappa shape index (κ2) is 7.05. The molecule has 0 saturated carbocycles. The van der Waals surface area contributed by atoms with E-state index in [1.165, 1.54) is 12.7 Å². The van der Waals surface area contributed by atoms with E-state index in [9.17, 15) is 4.79 Å². The van der Waals surface area contributed by atoms with Crippen molar-refractivity contribution in [1.82, 2.24) is 9.80 Å². The van der Waals surface area contributed by atoms with Crippen LogP contribution >= 0.6 is 0 Å². The maximum absolute atomic E-state index is 12.0. The number of ether oxygens (including phenoxy) is 1. The lowest BCUT2D eigenvalue weighted by molar-refractivity contribution is -0.164. The first kappa shape index (κ1) is 16.0. The Kier molecular flexibility index (Phi) is 5.37. The van der Waals surface area contributed by atoms with Gasteiger partial charge in [0.15, 0.2) is 0 Å². The van der Waals surface area contributed by atoms with E-state index in [0.717, 1.165) is 38.9 Å². The molecule has 1 aromatic carbocycles. The molecule has 0 N–H and O–H groups in total. The molecule has 1 atom stereocenters. The number of methoxy groups -OCH3 is 1. The lowest BCUT2D eigenvalue weighted by atomic mass is 9.81. The van der Waals surface area contributed by atoms with Crippen LogP contribution in [0.1, 0.15) is 24.8 Å². The minimum absolute atomic E-state index is 0.0815. The molecule has 0 bridgehead atoms. The monoisotopic (exact) mass is 290 g/mol. The SMILES string of the molecule is COC(=O)C1(CCCN(C)Cc2ccccc2)CCN1C. The van der Waals surface area contributed by atoms with Crippen molar-refractivity contribution in [3.8, 4) is 0 Å². The minimum atomic E-state index is -0.373. The Balaban J connectivity index is 1.79. The molecule has 21 heavy (non-hydrogen) atoms. The third kappa shape index (κ3) is 3.63. The smallest absolute Gasteiger partial charge is 0.326 e. The fourth-order valence-corrected chi connectivity index (χ4v) is 3.09. The molecular weight excluding hydrogens is 264 g/mol. The summed E-state index contributed by atoms with van der Waals surface area (Å²) in [5.41, 5.74) is 0.950. The average molecular weight is 290 g/mol. The molecule has 0 aromatic heterocycles. The van der Waals surface area contributed by atoms with E-state index < -0.39 is 0 Å². The van der Waals surface area contributed by atoms with Gasteiger partial charge in [-0.3, -0.25) is 9.69 Å². The maximum Gasteiger partial charge on any atom is 0.326 e. The van der Waals surface area contributed by atoms with Crippen LogP contribution in [0.2, 0.25) is 0 Å². The van der Waals surface area contributed by atoms with Gasteiger partial charge in [0.2, 0.25) is 0 Å². The van der Waals surface area contributed by atoms with Crippen molar-refractivity contribution in [2.45, 2.75) is 31.3 Å². The molecule has 1 saturated heterocycles. The number of carbonyl (C=O) groups excluding carboxylic acids is 1. The zero-order valence-corrected chi connectivity index (χ0v) is 13.3. The average Bonchev–Trinajstić information content (AvgIpc) is 2.50. The molecule has 4 heteroatoms. The zero-order valence-electron chi connectivity index (χ0n) is 13.3. The van der Waals surface area contributed by atoms with Gasteiger partial charge < -0.3 is 9.64 Å². The summed E-state index contributed by atoms with van der Waals surface area (Å²) >= 11 is 0. The van der Waals surface area contributed by atoms with Gasteiger partial charge >= 0.3 is 5.97 Å². The topological polar surface area (TPSA) is 32.8 Å². The Morgan fingerprint density at radius 3 is 2.62 bits per heavy atom. The molecule has 1 fully saturated rings. The molecule has 1 aromatic rings. The van der Waals surface area contributed by atoms with Crippen LogP contribution < -0.4 is 0 Å². The van der Waals surface area contributed by atoms with E-state index in [-0.39, 0.29) is 11.5 Å². The molecule has 0 aliphatic carbocycles. The Bertz CT molecular complexity index is 463. The van der Waals surface area contributed by atoms with Crippen molar-refractivity contribution < 1.29 is 9.53 Å². The van der Waals surface area contributed by atoms with E-state index in [1.54, 1.807) is 0 Å². The fourth-order valence-electron chi connectivity index (χ4n) is 3.09. The highest BCUT2D eigenvalue weighted by molar-refractivity contribution is 5.81. The normalized spacial score (nSPS) is 22.1. The van der Waals surface area contributed by atoms with E-state index in [2.05, 4.69) is 41.1 Å². The van der Waals surface area contributed by atoms with Crippen LogP contribution in [0.15, 0.2) is 30.3 Å². The van der Waals surface area contributed by atoms with Gasteiger partial charge in [0, 0.05) is 13.1 Å². The molecule has 0 radical (unpaired) electrons. The van der Waals surface area contributed by atoms with Crippen molar-refractivity contribution in [2.24, 2.45) is 0 Å². The van der Waals surface area contributed by atoms with Crippen molar-refractivity contribution in [3.05, 3.63) is 35.9 Å². The molecule has 1 aliphatic rings. The number of benzene rings is 1. The number of hydrogen-bond acceptors (Lipinski definition) is 4. The maximum atomic E-state index is 12.0. The number of carbonyl (C=O) groups is 1. The number of hydrogen-bond donors (Lipinski definition) is 0. The second-order valence-electron chi connectivity index (χ2n) is 6.02. The van der Waals surface area contributed by atoms with E-state index in [1.807, 2.05) is 13.1 Å². The fraction of sp³-hybridized carbons (Fsp3) is 0.588. The molecule has 2 rings (SSSR count). The van der Waals surface area contributed by atoms with Crippen molar-refractivity contribution in [3.63, 3.8) is 0 Å². The van der Waals surface area contributed by atoms with Crippen LogP contribution in [-0.2, 0) is 16.1 Å². The lowest BCUT2D eigenvalue weighted by Gasteiger charge is -2.48. The first-order valence-corrected chi connectivity index (χ1v) is 7.60. The first-order chi connectivity index (χ1) is 10.1. The molecule has 0 amide bonds. The number of rotatable bonds is 7. The van der Waals surface area contributed by atoms with E-state index >= 15 is 0 Å². The van der Waals surface area contributed by atoms with Gasteiger partial charge in [-0.05, 0) is 45.5 Å². The van der Waals surface area contributed by atoms with Crippen molar-refractivity contribution >= 4 is 5.97 Å². The number of likely N-dealkylation sites (tertiary alicyclic amines) is 1. The largest absolute Gasteiger partial charge is 0.468 e. The van der Waals surface area contributed by atoms with E-state index in [4.69, 9.17) is 4.74 Å². The molecule has 4 nitrogen and oxygen atoms in total. The summed E-state index contributed by atoms with van der Waals surface area (Å²) in [5.74, 6) is -0.0815. The van der Waals surface area contributed by atoms with Gasteiger partial charge in [-0.2, -0.15) is 0 Å². The first-order valence-electron chi connectivity index (χ1n) is 7.60. The van der Waals surface area contributed by atoms with Crippen molar-refractivity contribution in [1.29, 1.82) is 0 Å². The predicted molar refractivity (Wildman–Crippen MR) is 84.0 cm³/mol. The Hall–Kier alpha value is -1.39. The number of likely N-dealkylation sites (N-methyl/N-ethyl adjacent to an activating group) is 1. The zero-order chi connectivity index (χ0) is 15.3. The van der Waals surface area contributed by atoms with Crippen LogP contribution in [0.5, 0.6) is 0 Å². The minimum Gasteiger partial charge on any atom is -0.468 e. The molecule has 1 unspecified atom stereocenters. The highest BCUT2D eigenvalue weighted by atomic mass is 16.5. The summed E-state index contributed by atoms with van der Waals surface area (Å²) in [4.78, 5) is 16.4. The van der Waals surface area contributed by atoms with E-state index in [0.29, 0.717) is 0 Å². The van der Waals surface area contributed by atoms with Gasteiger partial charge in [0.25, 0.3) is 0 Å². The summed E-state index contributed by atoms with van der Waals surface area (Å²) in [5, 5.41) is 0. The standard InChI is InChI=1S/C17H26N2O2/c1-18(14-15-8-5-4-6-9-15)12-7-10-17(16(20)21-3)11-13-19(17)2/h4-6,8-9H,7,10-14H2,1-3H3. The van der Waals surface area contributed by atoms with Gasteiger partial charge in [-0.15, -0.1) is 0 Å². The van der Waals surface area contributed by atoms with Gasteiger partial charge in [0.1, 0.15) is 5.54 Å². The highest BCUT2D eigenvalue weighted by Crippen LogP contribution is 2.34. The molecule has 1 aliphatic heterocycles. The Labute approximate surface area is 127 Å². The Morgan fingerprint density at radius 1 is 1.38 bits per heavy atom. The summed E-state index contributed by atoms with van der Waals surface area (Å²) in [6.07, 6.45) is 2.79. The summed E-state index contributed by atoms with van der Waals surface area (Å²) in [6.45, 7) is 2.92. The predicted octanol–water partition coefficient (Wildman–Crippen LogP) is 2.15. The van der Waals surface area contributed by atoms with Crippen LogP contribution in [0.3, 0.4) is 0 Å². The third-order valence-electron chi connectivity index (χ3n) is 4.58. The molecular formula is C17H26N2O2. The molecule has 0 spiro atoms. The summed E-state index contributed by atoms with van der Waals surface area (Å²) in [6, 6.07) is 10.5. The molecule has 116 valence electrons. The number of esters is 1. The number of nitrogens with zero attached hydrogens (tertiary/aromatic N) is 2. The van der Waals surface area contributed by atoms with Crippen LogP contribution in [0, 0.1) is 0 Å². The highest BCUT2D eigenvalue weighted by Gasteiger charge is 2.49. The van der Waals surface area contributed by atoms with Crippen molar-refractivity contribution in [2.75, 3.05) is 34.3 Å². The summed E-state index contributed by atoms with van der Waals surface area (Å²) < 4.78 is 4.99. The Morgan fingerprint density at radius 2 is 2.10 bits per heavy atom. The van der Waals surface area contributed by atoms with Crippen LogP contribution in [0.25, 0.3) is 0 Å².